The summed E-state index contributed by atoms with van der Waals surface area (Å²) in [5.74, 6) is -1.40. The zero-order valence-corrected chi connectivity index (χ0v) is 18.5. The third-order valence-electron chi connectivity index (χ3n) is 4.87. The van der Waals surface area contributed by atoms with Gasteiger partial charge in [-0.15, -0.1) is 11.3 Å². The number of carboxylic acids is 1. The van der Waals surface area contributed by atoms with E-state index in [0.717, 1.165) is 21.2 Å². The molecule has 150 valence electrons. The molecule has 0 spiro atoms. The van der Waals surface area contributed by atoms with Crippen LogP contribution in [0.3, 0.4) is 0 Å². The van der Waals surface area contributed by atoms with Gasteiger partial charge in [0.15, 0.2) is 0 Å². The van der Waals surface area contributed by atoms with Crippen molar-refractivity contribution >= 4 is 54.9 Å². The molecule has 1 heterocycles. The lowest BCUT2D eigenvalue weighted by atomic mass is 10.0. The van der Waals surface area contributed by atoms with Crippen LogP contribution in [-0.2, 0) is 6.42 Å². The van der Waals surface area contributed by atoms with Crippen LogP contribution in [-0.4, -0.2) is 17.0 Å². The van der Waals surface area contributed by atoms with E-state index in [2.05, 4.69) is 45.5 Å². The van der Waals surface area contributed by atoms with Crippen molar-refractivity contribution in [3.8, 4) is 0 Å². The number of hydrogen-bond donors (Lipinski definition) is 2. The first kappa shape index (κ1) is 20.3. The minimum absolute atomic E-state index is 0.0407. The number of amides is 1. The lowest BCUT2D eigenvalue weighted by molar-refractivity contribution is 0.0698. The molecule has 4 nitrogen and oxygen atoms in total. The van der Waals surface area contributed by atoms with E-state index in [-0.39, 0.29) is 17.2 Å². The van der Waals surface area contributed by atoms with Gasteiger partial charge >= 0.3 is 5.97 Å². The number of rotatable bonds is 5. The van der Waals surface area contributed by atoms with Crippen molar-refractivity contribution in [2.45, 2.75) is 13.3 Å². The van der Waals surface area contributed by atoms with Gasteiger partial charge in [0.1, 0.15) is 0 Å². The number of nitrogens with one attached hydrogen (secondary N) is 1. The number of aromatic carboxylic acids is 1. The summed E-state index contributed by atoms with van der Waals surface area (Å²) in [6.45, 7) is 2.04. The third-order valence-corrected chi connectivity index (χ3v) is 6.57. The van der Waals surface area contributed by atoms with Crippen LogP contribution < -0.4 is 5.32 Å². The molecule has 4 rings (SSSR count). The highest BCUT2D eigenvalue weighted by molar-refractivity contribution is 9.10. The number of carbonyl (C=O) groups excluding carboxylic acids is 1. The van der Waals surface area contributed by atoms with E-state index in [9.17, 15) is 14.7 Å². The van der Waals surface area contributed by atoms with Crippen molar-refractivity contribution in [1.29, 1.82) is 0 Å². The number of thiophene rings is 1. The summed E-state index contributed by atoms with van der Waals surface area (Å²) in [6, 6.07) is 21.0. The predicted molar refractivity (Wildman–Crippen MR) is 125 cm³/mol. The Hall–Kier alpha value is -2.96. The molecule has 0 fully saturated rings. The number of halogens is 1. The second kappa shape index (κ2) is 8.42. The van der Waals surface area contributed by atoms with Crippen LogP contribution >= 0.6 is 27.3 Å². The normalized spacial score (nSPS) is 10.9. The average molecular weight is 480 g/mol. The van der Waals surface area contributed by atoms with Gasteiger partial charge in [-0.1, -0.05) is 64.0 Å². The number of aryl methyl sites for hydroxylation is 1. The second-order valence-corrected chi connectivity index (χ2v) is 8.99. The zero-order valence-electron chi connectivity index (χ0n) is 16.1. The maximum absolute atomic E-state index is 13.2. The minimum Gasteiger partial charge on any atom is -0.478 e. The molecule has 0 saturated carbocycles. The summed E-state index contributed by atoms with van der Waals surface area (Å²) in [5.41, 5.74) is 3.57. The van der Waals surface area contributed by atoms with Gasteiger partial charge in [0.2, 0.25) is 0 Å². The molecule has 0 atom stereocenters. The Morgan fingerprint density at radius 2 is 1.77 bits per heavy atom. The van der Waals surface area contributed by atoms with Crippen LogP contribution in [0.15, 0.2) is 71.2 Å². The van der Waals surface area contributed by atoms with Gasteiger partial charge in [-0.3, -0.25) is 4.79 Å². The molecule has 0 unspecified atom stereocenters. The van der Waals surface area contributed by atoms with E-state index < -0.39 is 5.97 Å². The average Bonchev–Trinajstić information content (AvgIpc) is 3.09. The third kappa shape index (κ3) is 4.15. The maximum atomic E-state index is 13.2. The Balaban J connectivity index is 1.74. The van der Waals surface area contributed by atoms with Crippen LogP contribution in [0.4, 0.5) is 5.69 Å². The van der Waals surface area contributed by atoms with Gasteiger partial charge in [0.25, 0.3) is 5.91 Å². The number of benzene rings is 3. The van der Waals surface area contributed by atoms with E-state index in [1.54, 1.807) is 12.1 Å². The highest BCUT2D eigenvalue weighted by Gasteiger charge is 2.21. The van der Waals surface area contributed by atoms with Gasteiger partial charge in [-0.05, 0) is 54.1 Å². The first-order chi connectivity index (χ1) is 14.4. The van der Waals surface area contributed by atoms with Crippen LogP contribution in [0.25, 0.3) is 10.1 Å². The van der Waals surface area contributed by atoms with Crippen molar-refractivity contribution in [2.24, 2.45) is 0 Å². The first-order valence-electron chi connectivity index (χ1n) is 9.32. The number of fused-ring (bicyclic) bond motifs is 1. The van der Waals surface area contributed by atoms with Crippen molar-refractivity contribution in [2.75, 3.05) is 5.32 Å². The number of carboxylic acid groups (broad SMARTS) is 1. The number of anilines is 1. The fraction of sp³-hybridized carbons (Fsp3) is 0.0833. The molecule has 1 aromatic heterocycles. The summed E-state index contributed by atoms with van der Waals surface area (Å²) in [7, 11) is 0. The molecular formula is C24H18BrNO3S. The monoisotopic (exact) mass is 479 g/mol. The van der Waals surface area contributed by atoms with Gasteiger partial charge in [-0.25, -0.2) is 4.79 Å². The summed E-state index contributed by atoms with van der Waals surface area (Å²) in [6.07, 6.45) is 0.624. The van der Waals surface area contributed by atoms with E-state index in [1.165, 1.54) is 23.0 Å². The van der Waals surface area contributed by atoms with Crippen molar-refractivity contribution in [3.05, 3.63) is 98.3 Å². The van der Waals surface area contributed by atoms with Crippen molar-refractivity contribution in [1.82, 2.24) is 0 Å². The molecule has 0 saturated heterocycles. The number of carbonyl (C=O) groups is 2. The molecule has 30 heavy (non-hydrogen) atoms. The smallest absolute Gasteiger partial charge is 0.337 e. The summed E-state index contributed by atoms with van der Waals surface area (Å²) in [4.78, 5) is 25.4. The lowest BCUT2D eigenvalue weighted by Gasteiger charge is -2.10. The second-order valence-electron chi connectivity index (χ2n) is 7.02. The van der Waals surface area contributed by atoms with Gasteiger partial charge in [-0.2, -0.15) is 0 Å². The predicted octanol–water partition coefficient (Wildman–Crippen LogP) is 6.51. The molecule has 0 aliphatic carbocycles. The molecule has 0 bridgehead atoms. The molecule has 4 aromatic rings. The van der Waals surface area contributed by atoms with E-state index in [1.807, 2.05) is 31.2 Å². The van der Waals surface area contributed by atoms with Crippen molar-refractivity contribution in [3.63, 3.8) is 0 Å². The van der Waals surface area contributed by atoms with Crippen LogP contribution in [0.1, 0.15) is 36.7 Å². The van der Waals surface area contributed by atoms with Gasteiger partial charge < -0.3 is 10.4 Å². The Morgan fingerprint density at radius 3 is 2.50 bits per heavy atom. The highest BCUT2D eigenvalue weighted by Crippen LogP contribution is 2.34. The Kier molecular flexibility index (Phi) is 5.70. The van der Waals surface area contributed by atoms with E-state index in [4.69, 9.17) is 0 Å². The maximum Gasteiger partial charge on any atom is 0.337 e. The molecule has 3 aromatic carbocycles. The Bertz CT molecular complexity index is 1260. The Morgan fingerprint density at radius 1 is 1.03 bits per heavy atom. The fourth-order valence-electron chi connectivity index (χ4n) is 3.35. The quantitative estimate of drug-likeness (QED) is 0.342. The van der Waals surface area contributed by atoms with Gasteiger partial charge in [0, 0.05) is 9.17 Å². The fourth-order valence-corrected chi connectivity index (χ4v) is 4.83. The molecule has 6 heteroatoms. The minimum atomic E-state index is -1.09. The summed E-state index contributed by atoms with van der Waals surface area (Å²) >= 11 is 4.70. The van der Waals surface area contributed by atoms with E-state index in [0.29, 0.717) is 15.8 Å². The molecule has 0 aliphatic rings. The first-order valence-corrected chi connectivity index (χ1v) is 10.9. The van der Waals surface area contributed by atoms with Gasteiger partial charge in [0.05, 0.1) is 16.1 Å². The largest absolute Gasteiger partial charge is 0.478 e. The Labute approximate surface area is 186 Å². The molecule has 0 radical (unpaired) electrons. The van der Waals surface area contributed by atoms with Crippen LogP contribution in [0, 0.1) is 6.92 Å². The zero-order chi connectivity index (χ0) is 21.3. The van der Waals surface area contributed by atoms with E-state index >= 15 is 0 Å². The van der Waals surface area contributed by atoms with Crippen LogP contribution in [0.2, 0.25) is 0 Å². The summed E-state index contributed by atoms with van der Waals surface area (Å²) in [5, 5.41) is 13.3. The lowest BCUT2D eigenvalue weighted by Crippen LogP contribution is -2.15. The SMILES string of the molecule is Cc1ccc(Cc2c(C(=O)Nc3ccc(Br)cc3C(=O)O)sc3ccccc23)cc1. The topological polar surface area (TPSA) is 66.4 Å². The highest BCUT2D eigenvalue weighted by atomic mass is 79.9. The molecule has 2 N–H and O–H groups in total. The molecule has 0 aliphatic heterocycles. The molecular weight excluding hydrogens is 462 g/mol. The summed E-state index contributed by atoms with van der Waals surface area (Å²) < 4.78 is 1.67. The van der Waals surface area contributed by atoms with Crippen LogP contribution in [0.5, 0.6) is 0 Å². The van der Waals surface area contributed by atoms with Crippen molar-refractivity contribution < 1.29 is 14.7 Å². The number of hydrogen-bond acceptors (Lipinski definition) is 3. The molecule has 1 amide bonds. The standard InChI is InChI=1S/C24H18BrNO3S/c1-14-6-8-15(9-7-14)12-18-17-4-2-3-5-21(17)30-22(18)23(27)26-20-11-10-16(25)13-19(20)24(28)29/h2-11,13H,12H2,1H3,(H,26,27)(H,28,29).